The molecule has 0 bridgehead atoms. The predicted octanol–water partition coefficient (Wildman–Crippen LogP) is 4.12. The van der Waals surface area contributed by atoms with Gasteiger partial charge in [-0.2, -0.15) is 34.8 Å². The molecule has 0 fully saturated rings. The number of nitrogens with zero attached hydrogens (tertiary/aromatic N) is 1. The molecule has 142 valence electrons. The molecule has 1 aromatic rings. The van der Waals surface area contributed by atoms with Crippen molar-refractivity contribution in [1.82, 2.24) is 0 Å². The Bertz CT molecular complexity index is 754. The number of hydrogen-bond donors (Lipinski definition) is 1. The van der Waals surface area contributed by atoms with Gasteiger partial charge in [-0.05, 0) is 32.9 Å². The largest absolute Gasteiger partial charge is 0.516 e. The fourth-order valence-electron chi connectivity index (χ4n) is 1.56. The lowest BCUT2D eigenvalue weighted by Crippen LogP contribution is -2.30. The lowest BCUT2D eigenvalue weighted by Gasteiger charge is -2.16. The third-order valence-corrected chi connectivity index (χ3v) is 3.78. The summed E-state index contributed by atoms with van der Waals surface area (Å²) in [6.07, 6.45) is -5.28. The van der Waals surface area contributed by atoms with E-state index in [-0.39, 0.29) is 17.3 Å². The van der Waals surface area contributed by atoms with Gasteiger partial charge in [0, 0.05) is 5.56 Å². The maximum atomic E-state index is 12.8. The second kappa shape index (κ2) is 7.10. The highest BCUT2D eigenvalue weighted by atomic mass is 32.2. The van der Waals surface area contributed by atoms with E-state index < -0.39 is 39.1 Å². The molecule has 1 N–H and O–H groups in total. The number of rotatable bonds is 5. The minimum atomic E-state index is -5.91. The first kappa shape index (κ1) is 21.1. The summed E-state index contributed by atoms with van der Waals surface area (Å²) in [5.74, 6) is 0. The number of hydrogen-bond acceptors (Lipinski definition) is 4. The number of oxime groups is 1. The Morgan fingerprint density at radius 1 is 1.16 bits per heavy atom. The van der Waals surface area contributed by atoms with E-state index in [2.05, 4.69) is 5.16 Å². The molecular formula is C13H14F6N2O3S. The fraction of sp³-hybridized carbons (Fsp3) is 0.462. The summed E-state index contributed by atoms with van der Waals surface area (Å²) >= 11 is 0. The van der Waals surface area contributed by atoms with Gasteiger partial charge in [0.05, 0.1) is 17.0 Å². The van der Waals surface area contributed by atoms with Crippen molar-refractivity contribution in [3.05, 3.63) is 29.3 Å². The number of anilines is 1. The highest BCUT2D eigenvalue weighted by molar-refractivity contribution is 7.93. The summed E-state index contributed by atoms with van der Waals surface area (Å²) in [6, 6.07) is 1.65. The van der Waals surface area contributed by atoms with Gasteiger partial charge < -0.3 is 4.84 Å². The summed E-state index contributed by atoms with van der Waals surface area (Å²) in [4.78, 5) is 4.87. The Morgan fingerprint density at radius 3 is 2.16 bits per heavy atom. The second-order valence-electron chi connectivity index (χ2n) is 5.14. The van der Waals surface area contributed by atoms with Crippen LogP contribution in [-0.2, 0) is 21.0 Å². The summed E-state index contributed by atoms with van der Waals surface area (Å²) in [7, 11) is -5.91. The Balaban J connectivity index is 3.46. The highest BCUT2D eigenvalue weighted by Crippen LogP contribution is 2.34. The molecule has 0 saturated carbocycles. The average Bonchev–Trinajstić information content (AvgIpc) is 2.42. The van der Waals surface area contributed by atoms with Gasteiger partial charge in [-0.1, -0.05) is 11.2 Å². The minimum absolute atomic E-state index is 0.109. The molecule has 0 aromatic heterocycles. The van der Waals surface area contributed by atoms with Gasteiger partial charge in [0.1, 0.15) is 6.10 Å². The van der Waals surface area contributed by atoms with E-state index in [9.17, 15) is 34.8 Å². The molecule has 0 aliphatic carbocycles. The molecule has 0 aliphatic heterocycles. The van der Waals surface area contributed by atoms with Gasteiger partial charge in [-0.15, -0.1) is 0 Å². The first-order valence-electron chi connectivity index (χ1n) is 6.66. The van der Waals surface area contributed by atoms with Crippen molar-refractivity contribution in [2.24, 2.45) is 5.16 Å². The molecule has 0 radical (unpaired) electrons. The summed E-state index contributed by atoms with van der Waals surface area (Å²) in [5.41, 5.74) is -8.34. The van der Waals surface area contributed by atoms with Crippen LogP contribution in [0.5, 0.6) is 0 Å². The fourth-order valence-corrected chi connectivity index (χ4v) is 2.13. The van der Waals surface area contributed by atoms with Gasteiger partial charge >= 0.3 is 21.7 Å². The molecule has 0 aliphatic rings. The zero-order valence-corrected chi connectivity index (χ0v) is 14.0. The maximum Gasteiger partial charge on any atom is 0.516 e. The van der Waals surface area contributed by atoms with Crippen molar-refractivity contribution >= 4 is 21.4 Å². The number of sulfonamides is 1. The van der Waals surface area contributed by atoms with E-state index in [1.807, 2.05) is 0 Å². The monoisotopic (exact) mass is 392 g/mol. The van der Waals surface area contributed by atoms with Crippen molar-refractivity contribution in [3.63, 3.8) is 0 Å². The number of nitrogens with one attached hydrogen (secondary N) is 1. The van der Waals surface area contributed by atoms with Gasteiger partial charge in [0.25, 0.3) is 0 Å². The van der Waals surface area contributed by atoms with E-state index in [0.29, 0.717) is 6.07 Å². The minimum Gasteiger partial charge on any atom is -0.393 e. The normalized spacial score (nSPS) is 13.9. The van der Waals surface area contributed by atoms with Crippen LogP contribution in [0.2, 0.25) is 0 Å². The molecular weight excluding hydrogens is 378 g/mol. The molecule has 0 saturated heterocycles. The van der Waals surface area contributed by atoms with Crippen LogP contribution in [0.4, 0.5) is 32.0 Å². The molecule has 0 atom stereocenters. The number of benzene rings is 1. The average molecular weight is 392 g/mol. The van der Waals surface area contributed by atoms with Crippen molar-refractivity contribution < 1.29 is 39.6 Å². The van der Waals surface area contributed by atoms with Crippen LogP contribution in [-0.4, -0.2) is 25.7 Å². The molecule has 0 amide bonds. The zero-order chi connectivity index (χ0) is 19.6. The van der Waals surface area contributed by atoms with Crippen LogP contribution >= 0.6 is 0 Å². The first-order valence-corrected chi connectivity index (χ1v) is 8.14. The second-order valence-corrected chi connectivity index (χ2v) is 6.81. The van der Waals surface area contributed by atoms with Crippen molar-refractivity contribution in [3.8, 4) is 0 Å². The maximum absolute atomic E-state index is 12.8. The first-order chi connectivity index (χ1) is 11.1. The Kier molecular flexibility index (Phi) is 5.98. The van der Waals surface area contributed by atoms with Crippen LogP contribution in [0.3, 0.4) is 0 Å². The topological polar surface area (TPSA) is 67.8 Å². The summed E-state index contributed by atoms with van der Waals surface area (Å²) < 4.78 is 99.4. The van der Waals surface area contributed by atoms with E-state index >= 15 is 0 Å². The smallest absolute Gasteiger partial charge is 0.393 e. The van der Waals surface area contributed by atoms with Gasteiger partial charge in [0.2, 0.25) is 0 Å². The van der Waals surface area contributed by atoms with Crippen LogP contribution < -0.4 is 4.72 Å². The Labute approximate surface area is 139 Å². The highest BCUT2D eigenvalue weighted by Gasteiger charge is 2.46. The Hall–Kier alpha value is -1.98. The van der Waals surface area contributed by atoms with Crippen LogP contribution in [0, 0.1) is 0 Å². The van der Waals surface area contributed by atoms with E-state index in [4.69, 9.17) is 4.84 Å². The SMILES string of the molecule is CC(=NOC(C)C)c1ccc(C(F)(F)F)cc1NS(=O)(=O)C(F)(F)F. The third-order valence-electron chi connectivity index (χ3n) is 2.69. The molecule has 0 unspecified atom stereocenters. The van der Waals surface area contributed by atoms with E-state index in [0.717, 1.165) is 10.8 Å². The van der Waals surface area contributed by atoms with Crippen molar-refractivity contribution in [2.45, 2.75) is 38.6 Å². The van der Waals surface area contributed by atoms with Gasteiger partial charge in [-0.3, -0.25) is 4.72 Å². The summed E-state index contributed by atoms with van der Waals surface area (Å²) in [5, 5.41) is 3.56. The molecule has 1 aromatic carbocycles. The molecule has 25 heavy (non-hydrogen) atoms. The summed E-state index contributed by atoms with van der Waals surface area (Å²) in [6.45, 7) is 4.43. The molecule has 1 rings (SSSR count). The van der Waals surface area contributed by atoms with Crippen molar-refractivity contribution in [2.75, 3.05) is 4.72 Å². The Morgan fingerprint density at radius 2 is 1.72 bits per heavy atom. The quantitative estimate of drug-likeness (QED) is 0.466. The van der Waals surface area contributed by atoms with Crippen LogP contribution in [0.1, 0.15) is 31.9 Å². The van der Waals surface area contributed by atoms with Crippen molar-refractivity contribution in [1.29, 1.82) is 0 Å². The zero-order valence-electron chi connectivity index (χ0n) is 13.2. The molecule has 0 spiro atoms. The molecule has 5 nitrogen and oxygen atoms in total. The van der Waals surface area contributed by atoms with E-state index in [1.165, 1.54) is 6.92 Å². The predicted molar refractivity (Wildman–Crippen MR) is 78.5 cm³/mol. The molecule has 12 heteroatoms. The lowest BCUT2D eigenvalue weighted by molar-refractivity contribution is -0.137. The third kappa shape index (κ3) is 5.51. The standard InChI is InChI=1S/C13H14F6N2O3S/c1-7(2)24-20-8(3)10-5-4-9(12(14,15)16)6-11(10)21-25(22,23)13(17,18)19/h4-7,21H,1-3H3. The van der Waals surface area contributed by atoms with Gasteiger partial charge in [0.15, 0.2) is 0 Å². The molecule has 0 heterocycles. The van der Waals surface area contributed by atoms with Crippen LogP contribution in [0.15, 0.2) is 23.4 Å². The van der Waals surface area contributed by atoms with Gasteiger partial charge in [-0.25, -0.2) is 0 Å². The lowest BCUT2D eigenvalue weighted by atomic mass is 10.1. The van der Waals surface area contributed by atoms with Crippen LogP contribution in [0.25, 0.3) is 0 Å². The number of alkyl halides is 6. The van der Waals surface area contributed by atoms with E-state index in [1.54, 1.807) is 13.8 Å². The number of halogens is 6.